The highest BCUT2D eigenvalue weighted by atomic mass is 35.5. The van der Waals surface area contributed by atoms with E-state index < -0.39 is 23.3 Å². The molecule has 6 heteroatoms. The van der Waals surface area contributed by atoms with Crippen molar-refractivity contribution in [2.24, 2.45) is 11.0 Å². The normalized spacial score (nSPS) is 23.2. The monoisotopic (exact) mass is 196 g/mol. The van der Waals surface area contributed by atoms with E-state index in [9.17, 15) is 13.6 Å². The molecule has 0 spiro atoms. The van der Waals surface area contributed by atoms with Gasteiger partial charge in [0.05, 0.1) is 12.5 Å². The van der Waals surface area contributed by atoms with Gasteiger partial charge in [-0.15, -0.1) is 0 Å². The Bertz CT molecular complexity index is 232. The Morgan fingerprint density at radius 1 is 1.83 bits per heavy atom. The van der Waals surface area contributed by atoms with Crippen molar-refractivity contribution in [1.29, 1.82) is 0 Å². The second kappa shape index (κ2) is 3.35. The van der Waals surface area contributed by atoms with Crippen molar-refractivity contribution in [2.75, 3.05) is 13.6 Å². The lowest BCUT2D eigenvalue weighted by atomic mass is 10.1. The zero-order chi connectivity index (χ0) is 9.30. The van der Waals surface area contributed by atoms with Crippen LogP contribution in [0.1, 0.15) is 0 Å². The van der Waals surface area contributed by atoms with Crippen molar-refractivity contribution in [3.8, 4) is 0 Å². The fourth-order valence-corrected chi connectivity index (χ4v) is 1.23. The van der Waals surface area contributed by atoms with Crippen molar-refractivity contribution >= 4 is 22.6 Å². The number of hydrazone groups is 1. The Morgan fingerprint density at radius 2 is 2.42 bits per heavy atom. The average Bonchev–Trinajstić information content (AvgIpc) is 2.31. The van der Waals surface area contributed by atoms with Crippen LogP contribution in [-0.2, 0) is 4.79 Å². The third-order valence-corrected chi connectivity index (χ3v) is 1.85. The molecular weight excluding hydrogens is 190 g/mol. The van der Waals surface area contributed by atoms with Crippen molar-refractivity contribution < 1.29 is 13.6 Å². The average molecular weight is 197 g/mol. The van der Waals surface area contributed by atoms with Crippen LogP contribution in [0.25, 0.3) is 0 Å². The molecule has 12 heavy (non-hydrogen) atoms. The molecule has 1 atom stereocenters. The Morgan fingerprint density at radius 3 is 2.75 bits per heavy atom. The standard InChI is InChI=1S/C6H7ClF2N2O/c1-11-2-3(5(7)12)4(10-11)6(8)9/h3,6H,2H2,1H3. The first-order valence-electron chi connectivity index (χ1n) is 3.29. The van der Waals surface area contributed by atoms with Gasteiger partial charge in [0.2, 0.25) is 5.24 Å². The minimum Gasteiger partial charge on any atom is -0.299 e. The van der Waals surface area contributed by atoms with Gasteiger partial charge in [-0.25, -0.2) is 8.78 Å². The first kappa shape index (κ1) is 9.38. The number of carbonyl (C=O) groups is 1. The first-order valence-corrected chi connectivity index (χ1v) is 3.67. The summed E-state index contributed by atoms with van der Waals surface area (Å²) in [6.45, 7) is 0.141. The van der Waals surface area contributed by atoms with E-state index in [-0.39, 0.29) is 6.54 Å². The predicted octanol–water partition coefficient (Wildman–Crippen LogP) is 0.934. The fraction of sp³-hybridized carbons (Fsp3) is 0.667. The molecule has 1 unspecified atom stereocenters. The summed E-state index contributed by atoms with van der Waals surface area (Å²) in [5.74, 6) is -0.948. The van der Waals surface area contributed by atoms with Crippen LogP contribution in [0.4, 0.5) is 8.78 Å². The Kier molecular flexibility index (Phi) is 2.62. The molecule has 0 bridgehead atoms. The number of hydrogen-bond donors (Lipinski definition) is 0. The van der Waals surface area contributed by atoms with Crippen LogP contribution < -0.4 is 0 Å². The molecule has 1 aliphatic heterocycles. The maximum atomic E-state index is 12.2. The third-order valence-electron chi connectivity index (χ3n) is 1.59. The minimum atomic E-state index is -2.71. The predicted molar refractivity (Wildman–Crippen MR) is 40.4 cm³/mol. The molecule has 0 radical (unpaired) electrons. The van der Waals surface area contributed by atoms with Crippen molar-refractivity contribution in [2.45, 2.75) is 6.43 Å². The van der Waals surface area contributed by atoms with Gasteiger partial charge in [0.15, 0.2) is 0 Å². The van der Waals surface area contributed by atoms with Crippen LogP contribution in [0.5, 0.6) is 0 Å². The summed E-state index contributed by atoms with van der Waals surface area (Å²) in [5, 5.41) is 3.99. The lowest BCUT2D eigenvalue weighted by Gasteiger charge is -2.06. The first-order chi connectivity index (χ1) is 5.52. The molecule has 1 rings (SSSR count). The Hall–Kier alpha value is -0.710. The van der Waals surface area contributed by atoms with Gasteiger partial charge >= 0.3 is 0 Å². The molecular formula is C6H7ClF2N2O. The lowest BCUT2D eigenvalue weighted by molar-refractivity contribution is -0.113. The number of hydrogen-bond acceptors (Lipinski definition) is 3. The summed E-state index contributed by atoms with van der Waals surface area (Å²) < 4.78 is 24.3. The minimum absolute atomic E-state index is 0.141. The van der Waals surface area contributed by atoms with E-state index in [1.165, 1.54) is 12.1 Å². The van der Waals surface area contributed by atoms with Crippen molar-refractivity contribution in [3.05, 3.63) is 0 Å². The molecule has 3 nitrogen and oxygen atoms in total. The van der Waals surface area contributed by atoms with Gasteiger partial charge < -0.3 is 0 Å². The Balaban J connectivity index is 2.80. The van der Waals surface area contributed by atoms with Gasteiger partial charge in [-0.2, -0.15) is 5.10 Å². The SMILES string of the molecule is CN1CC(C(=O)Cl)C(C(F)F)=N1. The number of nitrogens with zero attached hydrogens (tertiary/aromatic N) is 2. The van der Waals surface area contributed by atoms with Gasteiger partial charge in [-0.1, -0.05) is 0 Å². The molecule has 0 saturated carbocycles. The van der Waals surface area contributed by atoms with Crippen LogP contribution >= 0.6 is 11.6 Å². The van der Waals surface area contributed by atoms with Gasteiger partial charge in [-0.05, 0) is 11.6 Å². The smallest absolute Gasteiger partial charge is 0.279 e. The molecule has 0 saturated heterocycles. The fourth-order valence-electron chi connectivity index (χ4n) is 1.05. The summed E-state index contributed by atoms with van der Waals surface area (Å²) >= 11 is 5.11. The molecule has 0 aliphatic carbocycles. The summed E-state index contributed by atoms with van der Waals surface area (Å²) in [7, 11) is 1.52. The molecule has 0 aromatic heterocycles. The van der Waals surface area contributed by atoms with Crippen LogP contribution in [-0.4, -0.2) is 36.0 Å². The molecule has 0 N–H and O–H groups in total. The molecule has 0 aromatic carbocycles. The van der Waals surface area contributed by atoms with E-state index in [0.717, 1.165) is 0 Å². The second-order valence-corrected chi connectivity index (χ2v) is 2.90. The zero-order valence-electron chi connectivity index (χ0n) is 6.30. The van der Waals surface area contributed by atoms with E-state index in [0.29, 0.717) is 0 Å². The molecule has 0 fully saturated rings. The number of rotatable bonds is 2. The van der Waals surface area contributed by atoms with Crippen LogP contribution in [0.2, 0.25) is 0 Å². The summed E-state index contributed by atoms with van der Waals surface area (Å²) in [6.07, 6.45) is -2.71. The van der Waals surface area contributed by atoms with E-state index in [1.807, 2.05) is 0 Å². The molecule has 68 valence electrons. The topological polar surface area (TPSA) is 32.7 Å². The van der Waals surface area contributed by atoms with Crippen LogP contribution in [0.3, 0.4) is 0 Å². The molecule has 1 aliphatic rings. The van der Waals surface area contributed by atoms with E-state index in [4.69, 9.17) is 11.6 Å². The van der Waals surface area contributed by atoms with Gasteiger partial charge in [0.1, 0.15) is 5.71 Å². The maximum Gasteiger partial charge on any atom is 0.279 e. The summed E-state index contributed by atoms with van der Waals surface area (Å²) in [4.78, 5) is 10.6. The largest absolute Gasteiger partial charge is 0.299 e. The maximum absolute atomic E-state index is 12.2. The highest BCUT2D eigenvalue weighted by Crippen LogP contribution is 2.19. The van der Waals surface area contributed by atoms with Crippen molar-refractivity contribution in [3.63, 3.8) is 0 Å². The zero-order valence-corrected chi connectivity index (χ0v) is 7.05. The number of carbonyl (C=O) groups excluding carboxylic acids is 1. The summed E-state index contributed by atoms with van der Waals surface area (Å²) in [5.41, 5.74) is -0.433. The molecule has 0 aromatic rings. The molecule has 0 amide bonds. The number of alkyl halides is 2. The van der Waals surface area contributed by atoms with E-state index in [1.54, 1.807) is 0 Å². The lowest BCUT2D eigenvalue weighted by Crippen LogP contribution is -2.26. The van der Waals surface area contributed by atoms with E-state index >= 15 is 0 Å². The van der Waals surface area contributed by atoms with Crippen molar-refractivity contribution in [1.82, 2.24) is 5.01 Å². The van der Waals surface area contributed by atoms with Gasteiger partial charge in [0.25, 0.3) is 6.43 Å². The third kappa shape index (κ3) is 1.72. The van der Waals surface area contributed by atoms with Gasteiger partial charge in [0, 0.05) is 7.05 Å². The van der Waals surface area contributed by atoms with Crippen LogP contribution in [0.15, 0.2) is 5.10 Å². The second-order valence-electron chi connectivity index (χ2n) is 2.52. The summed E-state index contributed by atoms with van der Waals surface area (Å²) in [6, 6.07) is 0. The quantitative estimate of drug-likeness (QED) is 0.616. The highest BCUT2D eigenvalue weighted by molar-refractivity contribution is 6.65. The highest BCUT2D eigenvalue weighted by Gasteiger charge is 2.35. The van der Waals surface area contributed by atoms with E-state index in [2.05, 4.69) is 5.10 Å². The van der Waals surface area contributed by atoms with Gasteiger partial charge in [-0.3, -0.25) is 9.80 Å². The Labute approximate surface area is 73.0 Å². The number of halogens is 3. The van der Waals surface area contributed by atoms with Crippen LogP contribution in [0, 0.1) is 5.92 Å². The molecule has 1 heterocycles.